The summed E-state index contributed by atoms with van der Waals surface area (Å²) in [6.45, 7) is 0. The minimum Gasteiger partial charge on any atom is -0.377 e. The van der Waals surface area contributed by atoms with E-state index in [1.165, 1.54) is 0 Å². The highest BCUT2D eigenvalue weighted by Crippen LogP contribution is 2.24. The van der Waals surface area contributed by atoms with Gasteiger partial charge in [0, 0.05) is 19.1 Å². The summed E-state index contributed by atoms with van der Waals surface area (Å²) >= 11 is 5.64. The highest BCUT2D eigenvalue weighted by atomic mass is 35.5. The Morgan fingerprint density at radius 3 is 2.54 bits per heavy atom. The number of benzene rings is 1. The Morgan fingerprint density at radius 1 is 1.46 bits per heavy atom. The van der Waals surface area contributed by atoms with E-state index in [1.54, 1.807) is 25.1 Å². The quantitative estimate of drug-likeness (QED) is 0.685. The van der Waals surface area contributed by atoms with E-state index in [-0.39, 0.29) is 10.6 Å². The maximum atomic E-state index is 13.1. The van der Waals surface area contributed by atoms with Crippen molar-refractivity contribution in [1.29, 1.82) is 0 Å². The van der Waals surface area contributed by atoms with Gasteiger partial charge in [0.1, 0.15) is 5.82 Å². The van der Waals surface area contributed by atoms with Crippen molar-refractivity contribution in [3.63, 3.8) is 0 Å². The van der Waals surface area contributed by atoms with Crippen molar-refractivity contribution >= 4 is 23.6 Å². The monoisotopic (exact) mass is 201 g/mol. The van der Waals surface area contributed by atoms with Crippen LogP contribution in [0, 0.1) is 5.82 Å². The number of hydrogen-bond donors (Lipinski definition) is 0. The van der Waals surface area contributed by atoms with E-state index in [0.29, 0.717) is 12.0 Å². The van der Waals surface area contributed by atoms with Gasteiger partial charge in [-0.15, -0.1) is 0 Å². The lowest BCUT2D eigenvalue weighted by atomic mass is 10.1. The summed E-state index contributed by atoms with van der Waals surface area (Å²) < 4.78 is 13.1. The molecular formula is C9H9ClFNO. The molecule has 0 N–H and O–H groups in total. The second-order valence-corrected chi connectivity index (χ2v) is 3.27. The van der Waals surface area contributed by atoms with Crippen molar-refractivity contribution in [2.45, 2.75) is 0 Å². The standard InChI is InChI=1S/C9H9ClFNO/c1-12(2)9-4-6(10)3-8(11)7(9)5-13/h3-5H,1-2H3. The van der Waals surface area contributed by atoms with Crippen LogP contribution in [-0.4, -0.2) is 20.4 Å². The van der Waals surface area contributed by atoms with Crippen LogP contribution in [-0.2, 0) is 0 Å². The predicted molar refractivity (Wildman–Crippen MR) is 51.1 cm³/mol. The van der Waals surface area contributed by atoms with Gasteiger partial charge in [-0.25, -0.2) is 4.39 Å². The van der Waals surface area contributed by atoms with Crippen molar-refractivity contribution in [3.05, 3.63) is 28.5 Å². The van der Waals surface area contributed by atoms with E-state index in [0.717, 1.165) is 6.07 Å². The van der Waals surface area contributed by atoms with E-state index in [2.05, 4.69) is 0 Å². The first kappa shape index (κ1) is 9.99. The van der Waals surface area contributed by atoms with Crippen LogP contribution >= 0.6 is 11.6 Å². The molecule has 1 aromatic carbocycles. The molecular weight excluding hydrogens is 193 g/mol. The molecule has 0 saturated carbocycles. The van der Waals surface area contributed by atoms with Gasteiger partial charge in [-0.05, 0) is 12.1 Å². The second kappa shape index (κ2) is 3.75. The topological polar surface area (TPSA) is 20.3 Å². The first-order valence-electron chi connectivity index (χ1n) is 3.68. The lowest BCUT2D eigenvalue weighted by Crippen LogP contribution is -2.12. The van der Waals surface area contributed by atoms with Crippen LogP contribution in [0.5, 0.6) is 0 Å². The summed E-state index contributed by atoms with van der Waals surface area (Å²) in [5, 5.41) is 0.284. The molecule has 0 aromatic heterocycles. The zero-order valence-corrected chi connectivity index (χ0v) is 8.10. The van der Waals surface area contributed by atoms with E-state index in [4.69, 9.17) is 11.6 Å². The van der Waals surface area contributed by atoms with E-state index in [9.17, 15) is 9.18 Å². The summed E-state index contributed by atoms with van der Waals surface area (Å²) in [6.07, 6.45) is 0.487. The van der Waals surface area contributed by atoms with Gasteiger partial charge in [0.05, 0.1) is 11.3 Å². The first-order valence-corrected chi connectivity index (χ1v) is 4.05. The summed E-state index contributed by atoms with van der Waals surface area (Å²) in [5.74, 6) is -0.591. The van der Waals surface area contributed by atoms with Gasteiger partial charge in [-0.3, -0.25) is 4.79 Å². The minimum absolute atomic E-state index is 0.0365. The molecule has 0 aliphatic carbocycles. The maximum Gasteiger partial charge on any atom is 0.155 e. The first-order chi connectivity index (χ1) is 6.06. The Labute approximate surface area is 80.9 Å². The van der Waals surface area contributed by atoms with Crippen LogP contribution in [0.1, 0.15) is 10.4 Å². The van der Waals surface area contributed by atoms with E-state index < -0.39 is 5.82 Å². The molecule has 0 aliphatic heterocycles. The third kappa shape index (κ3) is 1.98. The SMILES string of the molecule is CN(C)c1cc(Cl)cc(F)c1C=O. The number of halogens is 2. The summed E-state index contributed by atoms with van der Waals surface area (Å²) in [4.78, 5) is 12.2. The van der Waals surface area contributed by atoms with Gasteiger partial charge in [0.15, 0.2) is 6.29 Å². The van der Waals surface area contributed by atoms with Gasteiger partial charge in [0.2, 0.25) is 0 Å². The molecule has 0 radical (unpaired) electrons. The largest absolute Gasteiger partial charge is 0.377 e. The van der Waals surface area contributed by atoms with Crippen LogP contribution in [0.3, 0.4) is 0 Å². The third-order valence-corrected chi connectivity index (χ3v) is 1.89. The minimum atomic E-state index is -0.591. The van der Waals surface area contributed by atoms with Crippen LogP contribution in [0.15, 0.2) is 12.1 Å². The molecule has 4 heteroatoms. The molecule has 0 fully saturated rings. The van der Waals surface area contributed by atoms with Crippen LogP contribution < -0.4 is 4.90 Å². The Bertz CT molecular complexity index is 339. The van der Waals surface area contributed by atoms with Gasteiger partial charge in [-0.1, -0.05) is 11.6 Å². The third-order valence-electron chi connectivity index (χ3n) is 1.67. The normalized spacial score (nSPS) is 9.85. The summed E-state index contributed by atoms with van der Waals surface area (Å²) in [6, 6.07) is 2.67. The summed E-state index contributed by atoms with van der Waals surface area (Å²) in [7, 11) is 3.44. The summed E-state index contributed by atoms with van der Waals surface area (Å²) in [5.41, 5.74) is 0.523. The van der Waals surface area contributed by atoms with Crippen LogP contribution in [0.25, 0.3) is 0 Å². The lowest BCUT2D eigenvalue weighted by Gasteiger charge is -2.15. The molecule has 0 unspecified atom stereocenters. The van der Waals surface area contributed by atoms with Crippen molar-refractivity contribution in [3.8, 4) is 0 Å². The van der Waals surface area contributed by atoms with Crippen LogP contribution in [0.4, 0.5) is 10.1 Å². The molecule has 13 heavy (non-hydrogen) atoms. The molecule has 0 atom stereocenters. The van der Waals surface area contributed by atoms with Crippen molar-refractivity contribution in [2.75, 3.05) is 19.0 Å². The predicted octanol–water partition coefficient (Wildman–Crippen LogP) is 2.36. The number of aldehydes is 1. The molecule has 2 nitrogen and oxygen atoms in total. The number of carbonyl (C=O) groups is 1. The Balaban J connectivity index is 3.38. The molecule has 1 rings (SSSR count). The highest BCUT2D eigenvalue weighted by molar-refractivity contribution is 6.31. The van der Waals surface area contributed by atoms with Crippen molar-refractivity contribution in [1.82, 2.24) is 0 Å². The Kier molecular flexibility index (Phi) is 2.88. The average Bonchev–Trinajstić information content (AvgIpc) is 2.02. The molecule has 0 amide bonds. The fourth-order valence-electron chi connectivity index (χ4n) is 1.06. The zero-order chi connectivity index (χ0) is 10.0. The fourth-order valence-corrected chi connectivity index (χ4v) is 1.26. The number of hydrogen-bond acceptors (Lipinski definition) is 2. The number of carbonyl (C=O) groups excluding carboxylic acids is 1. The van der Waals surface area contributed by atoms with Gasteiger partial charge >= 0.3 is 0 Å². The van der Waals surface area contributed by atoms with Crippen molar-refractivity contribution < 1.29 is 9.18 Å². The van der Waals surface area contributed by atoms with Gasteiger partial charge in [-0.2, -0.15) is 0 Å². The molecule has 70 valence electrons. The highest BCUT2D eigenvalue weighted by Gasteiger charge is 2.10. The number of nitrogens with zero attached hydrogens (tertiary/aromatic N) is 1. The Hall–Kier alpha value is -1.09. The molecule has 0 spiro atoms. The Morgan fingerprint density at radius 2 is 2.08 bits per heavy atom. The van der Waals surface area contributed by atoms with Gasteiger partial charge in [0.25, 0.3) is 0 Å². The molecule has 1 aromatic rings. The number of rotatable bonds is 2. The fraction of sp³-hybridized carbons (Fsp3) is 0.222. The van der Waals surface area contributed by atoms with Gasteiger partial charge < -0.3 is 4.90 Å². The molecule has 0 heterocycles. The molecule has 0 bridgehead atoms. The van der Waals surface area contributed by atoms with E-state index >= 15 is 0 Å². The molecule has 0 saturated heterocycles. The molecule has 0 aliphatic rings. The zero-order valence-electron chi connectivity index (χ0n) is 7.34. The van der Waals surface area contributed by atoms with Crippen LogP contribution in [0.2, 0.25) is 5.02 Å². The van der Waals surface area contributed by atoms with Crippen molar-refractivity contribution in [2.24, 2.45) is 0 Å². The lowest BCUT2D eigenvalue weighted by molar-refractivity contribution is 0.112. The smallest absolute Gasteiger partial charge is 0.155 e. The second-order valence-electron chi connectivity index (χ2n) is 2.83. The number of anilines is 1. The van der Waals surface area contributed by atoms with E-state index in [1.807, 2.05) is 0 Å². The average molecular weight is 202 g/mol. The maximum absolute atomic E-state index is 13.1.